The lowest BCUT2D eigenvalue weighted by atomic mass is 10.1. The summed E-state index contributed by atoms with van der Waals surface area (Å²) in [4.78, 5) is 23.4. The number of benzene rings is 1. The monoisotopic (exact) mass is 267 g/mol. The van der Waals surface area contributed by atoms with Crippen molar-refractivity contribution >= 4 is 23.3 Å². The molecule has 18 heavy (non-hydrogen) atoms. The number of halogens is 1. The molecule has 0 bridgehead atoms. The van der Waals surface area contributed by atoms with Gasteiger partial charge in [0.15, 0.2) is 0 Å². The summed E-state index contributed by atoms with van der Waals surface area (Å²) in [5.41, 5.74) is 0.337. The van der Waals surface area contributed by atoms with E-state index in [9.17, 15) is 9.59 Å². The van der Waals surface area contributed by atoms with Crippen molar-refractivity contribution in [3.63, 3.8) is 0 Å². The van der Waals surface area contributed by atoms with Crippen LogP contribution >= 0.6 is 11.6 Å². The van der Waals surface area contributed by atoms with E-state index in [4.69, 9.17) is 16.3 Å². The number of hydrogen-bond donors (Lipinski definition) is 1. The van der Waals surface area contributed by atoms with Crippen LogP contribution in [0.1, 0.15) is 23.2 Å². The van der Waals surface area contributed by atoms with E-state index in [0.29, 0.717) is 17.1 Å². The second kappa shape index (κ2) is 5.98. The number of carbonyl (C=O) groups excluding carboxylic acids is 2. The average molecular weight is 268 g/mol. The molecule has 1 heterocycles. The Hall–Kier alpha value is -1.39. The standard InChI is InChI=1S/C13H14ClNO3/c14-10-5-3-9(4-6-10)12(16)13(17)15-8-11-2-1-7-18-11/h3-6,11H,1-2,7-8H2,(H,15,17). The highest BCUT2D eigenvalue weighted by Gasteiger charge is 2.20. The molecule has 2 rings (SSSR count). The lowest BCUT2D eigenvalue weighted by molar-refractivity contribution is -0.117. The van der Waals surface area contributed by atoms with E-state index in [0.717, 1.165) is 19.4 Å². The summed E-state index contributed by atoms with van der Waals surface area (Å²) in [5.74, 6) is -1.16. The number of amides is 1. The minimum absolute atomic E-state index is 0.0342. The van der Waals surface area contributed by atoms with Gasteiger partial charge in [-0.05, 0) is 37.1 Å². The molecule has 96 valence electrons. The van der Waals surface area contributed by atoms with Crippen LogP contribution in [0, 0.1) is 0 Å². The van der Waals surface area contributed by atoms with Gasteiger partial charge in [0.25, 0.3) is 5.91 Å². The Labute approximate surface area is 110 Å². The lowest BCUT2D eigenvalue weighted by Crippen LogP contribution is -2.36. The summed E-state index contributed by atoms with van der Waals surface area (Å²) in [6, 6.07) is 6.25. The first-order chi connectivity index (χ1) is 8.66. The molecular weight excluding hydrogens is 254 g/mol. The van der Waals surface area contributed by atoms with Gasteiger partial charge in [-0.25, -0.2) is 0 Å². The lowest BCUT2D eigenvalue weighted by Gasteiger charge is -2.10. The van der Waals surface area contributed by atoms with E-state index in [1.807, 2.05) is 0 Å². The first-order valence-corrected chi connectivity index (χ1v) is 6.24. The van der Waals surface area contributed by atoms with Gasteiger partial charge in [-0.15, -0.1) is 0 Å². The zero-order valence-corrected chi connectivity index (χ0v) is 10.6. The summed E-state index contributed by atoms with van der Waals surface area (Å²) in [6.45, 7) is 1.11. The highest BCUT2D eigenvalue weighted by atomic mass is 35.5. The second-order valence-corrected chi connectivity index (χ2v) is 4.62. The molecule has 4 nitrogen and oxygen atoms in total. The Morgan fingerprint density at radius 3 is 2.67 bits per heavy atom. The first-order valence-electron chi connectivity index (χ1n) is 5.86. The minimum atomic E-state index is -0.604. The minimum Gasteiger partial charge on any atom is -0.376 e. The van der Waals surface area contributed by atoms with E-state index in [1.54, 1.807) is 12.1 Å². The van der Waals surface area contributed by atoms with Crippen LogP contribution in [-0.4, -0.2) is 30.9 Å². The van der Waals surface area contributed by atoms with E-state index >= 15 is 0 Å². The van der Waals surface area contributed by atoms with Gasteiger partial charge in [0.05, 0.1) is 6.10 Å². The summed E-state index contributed by atoms with van der Waals surface area (Å²) in [7, 11) is 0. The molecule has 5 heteroatoms. The van der Waals surface area contributed by atoms with Crippen LogP contribution < -0.4 is 5.32 Å². The van der Waals surface area contributed by atoms with Crippen LogP contribution in [0.2, 0.25) is 5.02 Å². The van der Waals surface area contributed by atoms with Crippen molar-refractivity contribution in [3.05, 3.63) is 34.9 Å². The topological polar surface area (TPSA) is 55.4 Å². The molecule has 1 aliphatic rings. The summed E-state index contributed by atoms with van der Waals surface area (Å²) < 4.78 is 5.36. The van der Waals surface area contributed by atoms with E-state index in [1.165, 1.54) is 12.1 Å². The van der Waals surface area contributed by atoms with Crippen molar-refractivity contribution in [1.29, 1.82) is 0 Å². The van der Waals surface area contributed by atoms with Crippen LogP contribution in [0.5, 0.6) is 0 Å². The van der Waals surface area contributed by atoms with Gasteiger partial charge in [0.2, 0.25) is 5.78 Å². The summed E-state index contributed by atoms with van der Waals surface area (Å²) >= 11 is 5.71. The number of Topliss-reactive ketones (excluding diaryl/α,β-unsaturated/α-hetero) is 1. The SMILES string of the molecule is O=C(NCC1CCCO1)C(=O)c1ccc(Cl)cc1. The number of ketones is 1. The van der Waals surface area contributed by atoms with Crippen LogP contribution in [-0.2, 0) is 9.53 Å². The molecule has 0 aromatic heterocycles. The van der Waals surface area contributed by atoms with Crippen LogP contribution in [0.4, 0.5) is 0 Å². The fourth-order valence-electron chi connectivity index (χ4n) is 1.82. The number of carbonyl (C=O) groups is 2. The molecule has 0 saturated carbocycles. The van der Waals surface area contributed by atoms with Gasteiger partial charge < -0.3 is 10.1 Å². The molecule has 1 atom stereocenters. The maximum Gasteiger partial charge on any atom is 0.292 e. The van der Waals surface area contributed by atoms with Gasteiger partial charge in [-0.3, -0.25) is 9.59 Å². The van der Waals surface area contributed by atoms with E-state index in [2.05, 4.69) is 5.32 Å². The largest absolute Gasteiger partial charge is 0.376 e. The van der Waals surface area contributed by atoms with Gasteiger partial charge in [0.1, 0.15) is 0 Å². The van der Waals surface area contributed by atoms with E-state index in [-0.39, 0.29) is 6.10 Å². The summed E-state index contributed by atoms with van der Waals surface area (Å²) in [6.07, 6.45) is 1.97. The zero-order valence-electron chi connectivity index (χ0n) is 9.82. The highest BCUT2D eigenvalue weighted by molar-refractivity contribution is 6.43. The van der Waals surface area contributed by atoms with Crippen molar-refractivity contribution < 1.29 is 14.3 Å². The molecule has 0 spiro atoms. The quantitative estimate of drug-likeness (QED) is 0.669. The van der Waals surface area contributed by atoms with Crippen molar-refractivity contribution in [2.75, 3.05) is 13.2 Å². The Balaban J connectivity index is 1.88. The van der Waals surface area contributed by atoms with Crippen LogP contribution in [0.25, 0.3) is 0 Å². The van der Waals surface area contributed by atoms with Crippen molar-refractivity contribution in [2.24, 2.45) is 0 Å². The maximum atomic E-state index is 11.8. The fourth-order valence-corrected chi connectivity index (χ4v) is 1.95. The fraction of sp³-hybridized carbons (Fsp3) is 0.385. The third-order valence-electron chi connectivity index (χ3n) is 2.83. The van der Waals surface area contributed by atoms with Crippen LogP contribution in [0.15, 0.2) is 24.3 Å². The average Bonchev–Trinajstić information content (AvgIpc) is 2.89. The Morgan fingerprint density at radius 2 is 2.06 bits per heavy atom. The molecule has 1 aromatic rings. The van der Waals surface area contributed by atoms with Gasteiger partial charge >= 0.3 is 0 Å². The second-order valence-electron chi connectivity index (χ2n) is 4.18. The predicted molar refractivity (Wildman–Crippen MR) is 67.8 cm³/mol. The normalized spacial score (nSPS) is 18.6. The number of ether oxygens (including phenoxy) is 1. The van der Waals surface area contributed by atoms with Gasteiger partial charge in [-0.1, -0.05) is 11.6 Å². The maximum absolute atomic E-state index is 11.8. The summed E-state index contributed by atoms with van der Waals surface area (Å²) in [5, 5.41) is 3.12. The highest BCUT2D eigenvalue weighted by Crippen LogP contribution is 2.11. The van der Waals surface area contributed by atoms with Crippen molar-refractivity contribution in [3.8, 4) is 0 Å². The molecular formula is C13H14ClNO3. The van der Waals surface area contributed by atoms with E-state index < -0.39 is 11.7 Å². The predicted octanol–water partition coefficient (Wildman–Crippen LogP) is 1.82. The number of rotatable bonds is 4. The van der Waals surface area contributed by atoms with Crippen molar-refractivity contribution in [1.82, 2.24) is 5.32 Å². The Bertz CT molecular complexity index is 438. The molecule has 1 saturated heterocycles. The first kappa shape index (κ1) is 13.1. The number of nitrogens with one attached hydrogen (secondary N) is 1. The third kappa shape index (κ3) is 3.31. The zero-order chi connectivity index (χ0) is 13.0. The molecule has 1 aliphatic heterocycles. The molecule has 0 radical (unpaired) electrons. The van der Waals surface area contributed by atoms with Gasteiger partial charge in [0, 0.05) is 23.7 Å². The Morgan fingerprint density at radius 1 is 1.33 bits per heavy atom. The smallest absolute Gasteiger partial charge is 0.292 e. The molecule has 1 amide bonds. The Kier molecular flexibility index (Phi) is 4.33. The number of hydrogen-bond acceptors (Lipinski definition) is 3. The molecule has 1 N–H and O–H groups in total. The molecule has 1 unspecified atom stereocenters. The van der Waals surface area contributed by atoms with Gasteiger partial charge in [-0.2, -0.15) is 0 Å². The molecule has 1 aromatic carbocycles. The third-order valence-corrected chi connectivity index (χ3v) is 3.08. The molecule has 0 aliphatic carbocycles. The van der Waals surface area contributed by atoms with Crippen LogP contribution in [0.3, 0.4) is 0 Å². The van der Waals surface area contributed by atoms with Crippen molar-refractivity contribution in [2.45, 2.75) is 18.9 Å². The molecule has 1 fully saturated rings.